The lowest BCUT2D eigenvalue weighted by Gasteiger charge is -2.12. The monoisotopic (exact) mass is 466 g/mol. The Morgan fingerprint density at radius 3 is 2.82 bits per heavy atom. The van der Waals surface area contributed by atoms with Gasteiger partial charge in [-0.3, -0.25) is 4.79 Å². The molecule has 0 fully saturated rings. The van der Waals surface area contributed by atoms with E-state index in [1.54, 1.807) is 12.1 Å². The van der Waals surface area contributed by atoms with E-state index < -0.39 is 0 Å². The maximum Gasteiger partial charge on any atom is 0.252 e. The van der Waals surface area contributed by atoms with Crippen molar-refractivity contribution in [1.29, 1.82) is 0 Å². The van der Waals surface area contributed by atoms with Gasteiger partial charge in [-0.15, -0.1) is 0 Å². The fourth-order valence-electron chi connectivity index (χ4n) is 3.78. The summed E-state index contributed by atoms with van der Waals surface area (Å²) in [6.07, 6.45) is 4.44. The maximum absolute atomic E-state index is 12.1. The second-order valence-corrected chi connectivity index (χ2v) is 8.12. The highest BCUT2D eigenvalue weighted by atomic mass is 35.5. The first kappa shape index (κ1) is 22.9. The molecule has 0 radical (unpaired) electrons. The predicted octanol–water partition coefficient (Wildman–Crippen LogP) is 4.00. The highest BCUT2D eigenvalue weighted by molar-refractivity contribution is 6.29. The first-order valence-electron chi connectivity index (χ1n) is 11.1. The van der Waals surface area contributed by atoms with Gasteiger partial charge in [0.05, 0.1) is 29.8 Å². The molecule has 4 rings (SSSR count). The molecular formula is C24H27ClN6O2. The number of ether oxygens (including phenoxy) is 1. The van der Waals surface area contributed by atoms with E-state index in [0.29, 0.717) is 42.8 Å². The molecule has 0 saturated heterocycles. The molecule has 0 aliphatic carbocycles. The van der Waals surface area contributed by atoms with E-state index in [1.165, 1.54) is 6.20 Å². The second-order valence-electron chi connectivity index (χ2n) is 7.73. The molecule has 33 heavy (non-hydrogen) atoms. The van der Waals surface area contributed by atoms with Gasteiger partial charge in [0.25, 0.3) is 5.91 Å². The van der Waals surface area contributed by atoms with Crippen molar-refractivity contribution in [1.82, 2.24) is 24.8 Å². The number of nitrogen functional groups attached to an aromatic ring is 1. The van der Waals surface area contributed by atoms with Crippen LogP contribution in [-0.4, -0.2) is 45.2 Å². The molecule has 0 unspecified atom stereocenters. The number of fused-ring (bicyclic) bond motifs is 3. The number of carbonyl (C=O) groups excluding carboxylic acids is 1. The number of unbranched alkanes of at least 4 members (excludes halogenated alkanes) is 1. The number of pyridine rings is 2. The molecule has 0 atom stereocenters. The molecule has 8 nitrogen and oxygen atoms in total. The molecule has 3 N–H and O–H groups in total. The van der Waals surface area contributed by atoms with E-state index >= 15 is 0 Å². The molecule has 0 saturated carbocycles. The smallest absolute Gasteiger partial charge is 0.252 e. The quantitative estimate of drug-likeness (QED) is 0.270. The fraction of sp³-hybridized carbons (Fsp3) is 0.333. The lowest BCUT2D eigenvalue weighted by molar-refractivity contribution is 0.0908. The molecule has 1 amide bonds. The van der Waals surface area contributed by atoms with Crippen LogP contribution >= 0.6 is 11.6 Å². The van der Waals surface area contributed by atoms with Crippen molar-refractivity contribution >= 4 is 45.3 Å². The van der Waals surface area contributed by atoms with E-state index in [0.717, 1.165) is 47.0 Å². The summed E-state index contributed by atoms with van der Waals surface area (Å²) < 4.78 is 8.01. The van der Waals surface area contributed by atoms with Gasteiger partial charge in [-0.25, -0.2) is 15.0 Å². The predicted molar refractivity (Wildman–Crippen MR) is 130 cm³/mol. The number of rotatable bonds is 10. The van der Waals surface area contributed by atoms with E-state index in [-0.39, 0.29) is 5.91 Å². The molecule has 1 aromatic carbocycles. The minimum absolute atomic E-state index is 0.209. The van der Waals surface area contributed by atoms with Crippen LogP contribution in [0.15, 0.2) is 42.6 Å². The Kier molecular flexibility index (Phi) is 7.36. The van der Waals surface area contributed by atoms with Crippen molar-refractivity contribution in [2.45, 2.75) is 32.7 Å². The van der Waals surface area contributed by atoms with Crippen LogP contribution in [0.4, 0.5) is 5.82 Å². The average molecular weight is 467 g/mol. The minimum atomic E-state index is -0.209. The first-order chi connectivity index (χ1) is 16.1. The Morgan fingerprint density at radius 2 is 2.03 bits per heavy atom. The van der Waals surface area contributed by atoms with Crippen molar-refractivity contribution in [3.8, 4) is 0 Å². The van der Waals surface area contributed by atoms with Gasteiger partial charge < -0.3 is 20.4 Å². The number of hydrogen-bond donors (Lipinski definition) is 2. The number of halogens is 1. The van der Waals surface area contributed by atoms with Crippen LogP contribution in [0.2, 0.25) is 5.15 Å². The van der Waals surface area contributed by atoms with Crippen LogP contribution in [0.5, 0.6) is 0 Å². The van der Waals surface area contributed by atoms with Gasteiger partial charge in [0.1, 0.15) is 16.5 Å². The molecule has 0 spiro atoms. The number of nitrogens with two attached hydrogens (primary N) is 1. The summed E-state index contributed by atoms with van der Waals surface area (Å²) in [5, 5.41) is 4.20. The van der Waals surface area contributed by atoms with Crippen molar-refractivity contribution in [2.75, 3.05) is 25.5 Å². The number of anilines is 1. The number of nitrogens with zero attached hydrogens (tertiary/aromatic N) is 4. The minimum Gasteiger partial charge on any atom is -0.382 e. The van der Waals surface area contributed by atoms with E-state index in [9.17, 15) is 4.79 Å². The lowest BCUT2D eigenvalue weighted by Crippen LogP contribution is -2.27. The van der Waals surface area contributed by atoms with Crippen LogP contribution in [0.3, 0.4) is 0 Å². The zero-order valence-corrected chi connectivity index (χ0v) is 19.3. The van der Waals surface area contributed by atoms with E-state index in [4.69, 9.17) is 27.1 Å². The third kappa shape index (κ3) is 5.23. The lowest BCUT2D eigenvalue weighted by atomic mass is 10.2. The zero-order chi connectivity index (χ0) is 23.2. The van der Waals surface area contributed by atoms with Crippen LogP contribution in [0, 0.1) is 0 Å². The van der Waals surface area contributed by atoms with Gasteiger partial charge in [-0.2, -0.15) is 0 Å². The van der Waals surface area contributed by atoms with Gasteiger partial charge in [0, 0.05) is 31.1 Å². The highest BCUT2D eigenvalue weighted by Gasteiger charge is 2.17. The number of benzene rings is 1. The molecule has 3 aromatic heterocycles. The number of amides is 1. The molecule has 172 valence electrons. The van der Waals surface area contributed by atoms with Gasteiger partial charge >= 0.3 is 0 Å². The first-order valence-corrected chi connectivity index (χ1v) is 11.5. The number of carbonyl (C=O) groups is 1. The largest absolute Gasteiger partial charge is 0.382 e. The molecule has 0 aliphatic rings. The number of imidazole rings is 1. The zero-order valence-electron chi connectivity index (χ0n) is 18.6. The van der Waals surface area contributed by atoms with Crippen molar-refractivity contribution in [3.63, 3.8) is 0 Å². The third-order valence-corrected chi connectivity index (χ3v) is 5.65. The Hall–Kier alpha value is -3.23. The summed E-state index contributed by atoms with van der Waals surface area (Å²) in [6.45, 7) is 4.08. The van der Waals surface area contributed by atoms with Gasteiger partial charge in [-0.05, 0) is 24.6 Å². The van der Waals surface area contributed by atoms with Crippen LogP contribution in [0.1, 0.15) is 35.9 Å². The Labute approximate surface area is 197 Å². The molecule has 0 bridgehead atoms. The van der Waals surface area contributed by atoms with Gasteiger partial charge in [0.15, 0.2) is 5.82 Å². The normalized spacial score (nSPS) is 11.3. The van der Waals surface area contributed by atoms with E-state index in [2.05, 4.69) is 26.8 Å². The number of aromatic nitrogens is 4. The van der Waals surface area contributed by atoms with Crippen molar-refractivity contribution in [2.24, 2.45) is 0 Å². The summed E-state index contributed by atoms with van der Waals surface area (Å²) in [4.78, 5) is 25.4. The second kappa shape index (κ2) is 10.6. The molecular weight excluding hydrogens is 440 g/mol. The molecule has 3 heterocycles. The van der Waals surface area contributed by atoms with E-state index in [1.807, 2.05) is 24.3 Å². The summed E-state index contributed by atoms with van der Waals surface area (Å²) in [5.74, 6) is 1.23. The highest BCUT2D eigenvalue weighted by Crippen LogP contribution is 2.29. The SMILES string of the molecule is CCCCc1nc2c(N)nc3ccccc3c2n1CCOCCNC(=O)c1ccc(Cl)nc1. The van der Waals surface area contributed by atoms with Crippen LogP contribution < -0.4 is 11.1 Å². The Balaban J connectivity index is 1.42. The van der Waals surface area contributed by atoms with Crippen molar-refractivity contribution in [3.05, 3.63) is 59.1 Å². The molecule has 0 aliphatic heterocycles. The average Bonchev–Trinajstić information content (AvgIpc) is 3.19. The molecule has 4 aromatic rings. The summed E-state index contributed by atoms with van der Waals surface area (Å²) >= 11 is 5.76. The maximum atomic E-state index is 12.1. The number of nitrogens with one attached hydrogen (secondary N) is 1. The molecule has 9 heteroatoms. The Bertz CT molecular complexity index is 1260. The topological polar surface area (TPSA) is 108 Å². The fourth-order valence-corrected chi connectivity index (χ4v) is 3.89. The van der Waals surface area contributed by atoms with Crippen LogP contribution in [-0.2, 0) is 17.7 Å². The summed E-state index contributed by atoms with van der Waals surface area (Å²) in [5.41, 5.74) is 9.29. The van der Waals surface area contributed by atoms with Gasteiger partial charge in [0.2, 0.25) is 0 Å². The Morgan fingerprint density at radius 1 is 1.18 bits per heavy atom. The number of aryl methyl sites for hydroxylation is 1. The standard InChI is InChI=1S/C24H27ClN6O2/c1-2-3-8-20-30-21-22(17-6-4-5-7-18(17)29-23(21)26)31(20)12-14-33-13-11-27-24(32)16-9-10-19(25)28-15-16/h4-7,9-10,15H,2-3,8,11-14H2,1H3,(H2,26,29)(H,27,32). The van der Waals surface area contributed by atoms with Crippen molar-refractivity contribution < 1.29 is 9.53 Å². The number of para-hydroxylation sites is 1. The summed E-state index contributed by atoms with van der Waals surface area (Å²) in [6, 6.07) is 11.2. The summed E-state index contributed by atoms with van der Waals surface area (Å²) in [7, 11) is 0. The third-order valence-electron chi connectivity index (χ3n) is 5.42. The van der Waals surface area contributed by atoms with Gasteiger partial charge in [-0.1, -0.05) is 43.1 Å². The number of hydrogen-bond acceptors (Lipinski definition) is 6. The van der Waals surface area contributed by atoms with Crippen LogP contribution in [0.25, 0.3) is 21.9 Å².